The summed E-state index contributed by atoms with van der Waals surface area (Å²) < 4.78 is 18.2. The highest BCUT2D eigenvalue weighted by atomic mass is 79.9. The first kappa shape index (κ1) is 14.1. The molecule has 1 N–H and O–H groups in total. The Balaban J connectivity index is 2.84. The highest BCUT2D eigenvalue weighted by Gasteiger charge is 2.22. The molecule has 5 heteroatoms. The molecule has 0 aliphatic carbocycles. The van der Waals surface area contributed by atoms with Crippen LogP contribution in [-0.4, -0.2) is 18.2 Å². The summed E-state index contributed by atoms with van der Waals surface area (Å²) in [6.45, 7) is 1.71. The van der Waals surface area contributed by atoms with E-state index in [1.807, 2.05) is 0 Å². The number of benzene rings is 1. The van der Waals surface area contributed by atoms with Gasteiger partial charge in [0.15, 0.2) is 0 Å². The van der Waals surface area contributed by atoms with Crippen molar-refractivity contribution in [1.29, 1.82) is 0 Å². The molecule has 0 bridgehead atoms. The van der Waals surface area contributed by atoms with Crippen LogP contribution in [-0.2, 0) is 9.53 Å². The van der Waals surface area contributed by atoms with E-state index in [2.05, 4.69) is 20.7 Å². The van der Waals surface area contributed by atoms with Gasteiger partial charge < -0.3 is 9.84 Å². The Bertz CT molecular complexity index is 409. The lowest BCUT2D eigenvalue weighted by Crippen LogP contribution is -2.15. The third-order valence-corrected chi connectivity index (χ3v) is 3.25. The Morgan fingerprint density at radius 1 is 1.59 bits per heavy atom. The van der Waals surface area contributed by atoms with Gasteiger partial charge in [0.25, 0.3) is 0 Å². The van der Waals surface area contributed by atoms with Gasteiger partial charge >= 0.3 is 5.97 Å². The molecule has 0 aliphatic heterocycles. The zero-order valence-electron chi connectivity index (χ0n) is 9.61. The minimum atomic E-state index is -0.917. The van der Waals surface area contributed by atoms with Gasteiger partial charge in [0, 0.05) is 4.47 Å². The summed E-state index contributed by atoms with van der Waals surface area (Å²) in [5.74, 6) is -1.17. The normalized spacial score (nSPS) is 14.2. The molecule has 2 atom stereocenters. The standard InChI is InChI=1S/C12H14BrFO3/c1-7(5-11(15)17-2)12(16)9-6-8(14)3-4-10(9)13/h3-4,6-7,12,16H,5H2,1-2H3. The third kappa shape index (κ3) is 3.78. The average molecular weight is 305 g/mol. The van der Waals surface area contributed by atoms with Crippen LogP contribution in [0.15, 0.2) is 22.7 Å². The summed E-state index contributed by atoms with van der Waals surface area (Å²) in [7, 11) is 1.29. The summed E-state index contributed by atoms with van der Waals surface area (Å²) in [5, 5.41) is 10.0. The van der Waals surface area contributed by atoms with Crippen molar-refractivity contribution in [3.8, 4) is 0 Å². The van der Waals surface area contributed by atoms with Gasteiger partial charge in [0.2, 0.25) is 0 Å². The molecule has 0 radical (unpaired) electrons. The monoisotopic (exact) mass is 304 g/mol. The largest absolute Gasteiger partial charge is 0.469 e. The van der Waals surface area contributed by atoms with Crippen LogP contribution in [0.1, 0.15) is 25.0 Å². The van der Waals surface area contributed by atoms with Crippen molar-refractivity contribution in [2.24, 2.45) is 5.92 Å². The van der Waals surface area contributed by atoms with Crippen molar-refractivity contribution >= 4 is 21.9 Å². The fourth-order valence-corrected chi connectivity index (χ4v) is 1.99. The first-order valence-electron chi connectivity index (χ1n) is 5.15. The maximum absolute atomic E-state index is 13.1. The number of aliphatic hydroxyl groups is 1. The predicted molar refractivity (Wildman–Crippen MR) is 64.9 cm³/mol. The van der Waals surface area contributed by atoms with Crippen molar-refractivity contribution in [1.82, 2.24) is 0 Å². The molecule has 0 aromatic heterocycles. The molecule has 0 aliphatic rings. The van der Waals surface area contributed by atoms with Crippen LogP contribution in [0, 0.1) is 11.7 Å². The molecule has 0 saturated heterocycles. The molecule has 1 aromatic carbocycles. The van der Waals surface area contributed by atoms with Gasteiger partial charge in [-0.25, -0.2) is 4.39 Å². The molecule has 2 unspecified atom stereocenters. The molecule has 0 spiro atoms. The lowest BCUT2D eigenvalue weighted by molar-refractivity contribution is -0.142. The number of carbonyl (C=O) groups excluding carboxylic acids is 1. The zero-order chi connectivity index (χ0) is 13.0. The average Bonchev–Trinajstić information content (AvgIpc) is 2.31. The molecule has 17 heavy (non-hydrogen) atoms. The lowest BCUT2D eigenvalue weighted by Gasteiger charge is -2.19. The quantitative estimate of drug-likeness (QED) is 0.870. The first-order chi connectivity index (χ1) is 7.95. The fourth-order valence-electron chi connectivity index (χ4n) is 1.51. The van der Waals surface area contributed by atoms with Crippen LogP contribution in [0.5, 0.6) is 0 Å². The Morgan fingerprint density at radius 2 is 2.24 bits per heavy atom. The molecular formula is C12H14BrFO3. The Kier molecular flexibility index (Phi) is 5.08. The predicted octanol–water partition coefficient (Wildman–Crippen LogP) is 2.82. The molecule has 0 saturated carbocycles. The molecule has 0 heterocycles. The van der Waals surface area contributed by atoms with Gasteiger partial charge in [0.1, 0.15) is 5.82 Å². The topological polar surface area (TPSA) is 46.5 Å². The van der Waals surface area contributed by atoms with E-state index in [1.54, 1.807) is 6.92 Å². The van der Waals surface area contributed by atoms with Crippen molar-refractivity contribution in [3.05, 3.63) is 34.1 Å². The number of esters is 1. The SMILES string of the molecule is COC(=O)CC(C)C(O)c1cc(F)ccc1Br. The number of carbonyl (C=O) groups is 1. The minimum absolute atomic E-state index is 0.0839. The van der Waals surface area contributed by atoms with Crippen molar-refractivity contribution in [3.63, 3.8) is 0 Å². The number of rotatable bonds is 4. The molecule has 3 nitrogen and oxygen atoms in total. The highest BCUT2D eigenvalue weighted by molar-refractivity contribution is 9.10. The number of methoxy groups -OCH3 is 1. The minimum Gasteiger partial charge on any atom is -0.469 e. The number of hydrogen-bond donors (Lipinski definition) is 1. The lowest BCUT2D eigenvalue weighted by atomic mass is 9.94. The van der Waals surface area contributed by atoms with Gasteiger partial charge in [-0.2, -0.15) is 0 Å². The van der Waals surface area contributed by atoms with E-state index in [-0.39, 0.29) is 12.3 Å². The van der Waals surface area contributed by atoms with Crippen molar-refractivity contribution in [2.45, 2.75) is 19.4 Å². The van der Waals surface area contributed by atoms with Crippen LogP contribution in [0.25, 0.3) is 0 Å². The zero-order valence-corrected chi connectivity index (χ0v) is 11.2. The van der Waals surface area contributed by atoms with Crippen molar-refractivity contribution in [2.75, 3.05) is 7.11 Å². The van der Waals surface area contributed by atoms with Crippen LogP contribution in [0.2, 0.25) is 0 Å². The molecule has 94 valence electrons. The molecule has 1 rings (SSSR count). The number of aliphatic hydroxyl groups excluding tert-OH is 1. The van der Waals surface area contributed by atoms with Crippen LogP contribution < -0.4 is 0 Å². The summed E-state index contributed by atoms with van der Waals surface area (Å²) >= 11 is 3.24. The molecule has 1 aromatic rings. The van der Waals surface area contributed by atoms with Crippen LogP contribution >= 0.6 is 15.9 Å². The second kappa shape index (κ2) is 6.12. The van der Waals surface area contributed by atoms with Crippen molar-refractivity contribution < 1.29 is 19.0 Å². The summed E-state index contributed by atoms with van der Waals surface area (Å²) in [5.41, 5.74) is 0.432. The second-order valence-corrected chi connectivity index (χ2v) is 4.72. The Labute approximate surface area is 108 Å². The summed E-state index contributed by atoms with van der Waals surface area (Å²) in [4.78, 5) is 11.1. The number of ether oxygens (including phenoxy) is 1. The second-order valence-electron chi connectivity index (χ2n) is 3.87. The van der Waals surface area contributed by atoms with E-state index >= 15 is 0 Å². The van der Waals surface area contributed by atoms with E-state index in [0.717, 1.165) is 0 Å². The fraction of sp³-hybridized carbons (Fsp3) is 0.417. The smallest absolute Gasteiger partial charge is 0.305 e. The first-order valence-corrected chi connectivity index (χ1v) is 5.94. The van der Waals surface area contributed by atoms with E-state index in [1.165, 1.54) is 25.3 Å². The maximum atomic E-state index is 13.1. The number of hydrogen-bond acceptors (Lipinski definition) is 3. The maximum Gasteiger partial charge on any atom is 0.305 e. The molecular weight excluding hydrogens is 291 g/mol. The third-order valence-electron chi connectivity index (χ3n) is 2.53. The van der Waals surface area contributed by atoms with E-state index in [4.69, 9.17) is 0 Å². The summed E-state index contributed by atoms with van der Waals surface area (Å²) in [6.07, 6.45) is -0.833. The van der Waals surface area contributed by atoms with Gasteiger partial charge in [-0.3, -0.25) is 4.79 Å². The number of halogens is 2. The van der Waals surface area contributed by atoms with E-state index in [9.17, 15) is 14.3 Å². The van der Waals surface area contributed by atoms with Gasteiger partial charge in [-0.05, 0) is 29.7 Å². The molecule has 0 amide bonds. The van der Waals surface area contributed by atoms with Crippen LogP contribution in [0.4, 0.5) is 4.39 Å². The van der Waals surface area contributed by atoms with Gasteiger partial charge in [-0.1, -0.05) is 22.9 Å². The van der Waals surface area contributed by atoms with Gasteiger partial charge in [0.05, 0.1) is 19.6 Å². The Hall–Kier alpha value is -0.940. The Morgan fingerprint density at radius 3 is 2.82 bits per heavy atom. The summed E-state index contributed by atoms with van der Waals surface area (Å²) in [6, 6.07) is 4.08. The van der Waals surface area contributed by atoms with Gasteiger partial charge in [-0.15, -0.1) is 0 Å². The van der Waals surface area contributed by atoms with Crippen LogP contribution in [0.3, 0.4) is 0 Å². The highest BCUT2D eigenvalue weighted by Crippen LogP contribution is 2.30. The van der Waals surface area contributed by atoms with E-state index < -0.39 is 17.9 Å². The molecule has 0 fully saturated rings. The van der Waals surface area contributed by atoms with E-state index in [0.29, 0.717) is 10.0 Å².